The van der Waals surface area contributed by atoms with Gasteiger partial charge in [-0.2, -0.15) is 0 Å². The predicted molar refractivity (Wildman–Crippen MR) is 61.3 cm³/mol. The fourth-order valence-electron chi connectivity index (χ4n) is 1.38. The highest BCUT2D eigenvalue weighted by Crippen LogP contribution is 2.29. The molecule has 0 N–H and O–H groups in total. The van der Waals surface area contributed by atoms with Crippen molar-refractivity contribution in [1.29, 1.82) is 0 Å². The molecular formula is C12H15NO3. The Labute approximate surface area is 94.5 Å². The quantitative estimate of drug-likeness (QED) is 0.311. The zero-order valence-electron chi connectivity index (χ0n) is 9.64. The number of nitro groups is 1. The van der Waals surface area contributed by atoms with Gasteiger partial charge in [-0.25, -0.2) is 0 Å². The van der Waals surface area contributed by atoms with Gasteiger partial charge in [-0.05, 0) is 6.92 Å². The maximum absolute atomic E-state index is 10.9. The van der Waals surface area contributed by atoms with E-state index in [-0.39, 0.29) is 5.70 Å². The molecule has 0 aromatic carbocycles. The molecule has 16 heavy (non-hydrogen) atoms. The second-order valence-electron chi connectivity index (χ2n) is 4.80. The number of rotatable bonds is 2. The molecule has 1 unspecified atom stereocenters. The third-order valence-electron chi connectivity index (χ3n) is 2.47. The fraction of sp³-hybridized carbons (Fsp3) is 0.417. The second-order valence-corrected chi connectivity index (χ2v) is 4.80. The lowest BCUT2D eigenvalue weighted by molar-refractivity contribution is -0.419. The zero-order chi connectivity index (χ0) is 12.4. The molecule has 1 rings (SSSR count). The van der Waals surface area contributed by atoms with Gasteiger partial charge in [0.05, 0.1) is 10.3 Å². The summed E-state index contributed by atoms with van der Waals surface area (Å²) in [6.45, 7) is 5.43. The van der Waals surface area contributed by atoms with Gasteiger partial charge >= 0.3 is 0 Å². The number of hydrogen-bond acceptors (Lipinski definition) is 3. The van der Waals surface area contributed by atoms with Crippen LogP contribution in [0.25, 0.3) is 0 Å². The van der Waals surface area contributed by atoms with Crippen LogP contribution in [-0.2, 0) is 4.79 Å². The van der Waals surface area contributed by atoms with E-state index >= 15 is 0 Å². The molecule has 0 saturated carbocycles. The SMILES string of the molecule is CC1(C=O)/C=C\C([N+](=O)[O-])=C/C(C)(C)/C=C\1. The molecule has 1 aliphatic rings. The zero-order valence-corrected chi connectivity index (χ0v) is 9.64. The van der Waals surface area contributed by atoms with E-state index in [1.807, 2.05) is 19.9 Å². The standard InChI is InChI=1S/C12H15NO3/c1-11(2)6-7-12(3,9-14)5-4-10(8-11)13(15)16/h4-9H,1-3H3/b5-4-,7-6-,10-8+. The van der Waals surface area contributed by atoms with Crippen LogP contribution in [0.5, 0.6) is 0 Å². The normalized spacial score (nSPS) is 35.1. The number of carbonyl (C=O) groups excluding carboxylic acids is 1. The summed E-state index contributed by atoms with van der Waals surface area (Å²) in [5, 5.41) is 10.8. The highest BCUT2D eigenvalue weighted by Gasteiger charge is 2.24. The summed E-state index contributed by atoms with van der Waals surface area (Å²) in [5.74, 6) is 0. The van der Waals surface area contributed by atoms with Gasteiger partial charge in [0.15, 0.2) is 0 Å². The number of allylic oxidation sites excluding steroid dienone is 5. The highest BCUT2D eigenvalue weighted by molar-refractivity contribution is 5.66. The summed E-state index contributed by atoms with van der Waals surface area (Å²) in [6, 6.07) is 0. The van der Waals surface area contributed by atoms with Gasteiger partial charge in [0.2, 0.25) is 0 Å². The van der Waals surface area contributed by atoms with E-state index < -0.39 is 15.8 Å². The van der Waals surface area contributed by atoms with E-state index in [1.54, 1.807) is 25.2 Å². The maximum Gasteiger partial charge on any atom is 0.266 e. The summed E-state index contributed by atoms with van der Waals surface area (Å²) in [7, 11) is 0. The van der Waals surface area contributed by atoms with Crippen LogP contribution in [0.2, 0.25) is 0 Å². The summed E-state index contributed by atoms with van der Waals surface area (Å²) < 4.78 is 0. The van der Waals surface area contributed by atoms with E-state index in [1.165, 1.54) is 6.08 Å². The smallest absolute Gasteiger partial charge is 0.266 e. The Bertz CT molecular complexity index is 404. The van der Waals surface area contributed by atoms with Crippen LogP contribution in [-0.4, -0.2) is 11.2 Å². The first-order chi connectivity index (χ1) is 7.28. The van der Waals surface area contributed by atoms with Gasteiger partial charge in [0.25, 0.3) is 5.70 Å². The van der Waals surface area contributed by atoms with Crippen molar-refractivity contribution >= 4 is 6.29 Å². The minimum Gasteiger partial charge on any atom is -0.302 e. The molecule has 0 fully saturated rings. The molecule has 0 bridgehead atoms. The van der Waals surface area contributed by atoms with Crippen molar-refractivity contribution in [3.63, 3.8) is 0 Å². The highest BCUT2D eigenvalue weighted by atomic mass is 16.6. The molecule has 0 aromatic rings. The molecule has 0 spiro atoms. The predicted octanol–water partition coefficient (Wildman–Crippen LogP) is 2.50. The van der Waals surface area contributed by atoms with Crippen LogP contribution in [0.3, 0.4) is 0 Å². The Kier molecular flexibility index (Phi) is 3.12. The van der Waals surface area contributed by atoms with Gasteiger partial charge in [0.1, 0.15) is 6.29 Å². The van der Waals surface area contributed by atoms with Crippen LogP contribution >= 0.6 is 0 Å². The molecule has 86 valence electrons. The van der Waals surface area contributed by atoms with Gasteiger partial charge in [-0.15, -0.1) is 0 Å². The molecule has 1 atom stereocenters. The van der Waals surface area contributed by atoms with Crippen molar-refractivity contribution in [3.05, 3.63) is 46.2 Å². The molecule has 0 radical (unpaired) electrons. The second kappa shape index (κ2) is 4.04. The van der Waals surface area contributed by atoms with E-state index in [0.29, 0.717) is 0 Å². The Morgan fingerprint density at radius 1 is 1.25 bits per heavy atom. The summed E-state index contributed by atoms with van der Waals surface area (Å²) in [5.41, 5.74) is -1.19. The van der Waals surface area contributed by atoms with Crippen LogP contribution < -0.4 is 0 Å². The fourth-order valence-corrected chi connectivity index (χ4v) is 1.38. The summed E-state index contributed by atoms with van der Waals surface area (Å²) in [4.78, 5) is 21.3. The van der Waals surface area contributed by atoms with Gasteiger partial charge in [0, 0.05) is 17.6 Å². The first-order valence-electron chi connectivity index (χ1n) is 5.01. The molecule has 0 heterocycles. The van der Waals surface area contributed by atoms with Gasteiger partial charge in [-0.1, -0.05) is 32.1 Å². The van der Waals surface area contributed by atoms with Crippen LogP contribution in [0.15, 0.2) is 36.1 Å². The average molecular weight is 221 g/mol. The van der Waals surface area contributed by atoms with Gasteiger partial charge < -0.3 is 4.79 Å². The first kappa shape index (κ1) is 12.4. The van der Waals surface area contributed by atoms with E-state index in [9.17, 15) is 14.9 Å². The van der Waals surface area contributed by atoms with Crippen LogP contribution in [0.4, 0.5) is 0 Å². The van der Waals surface area contributed by atoms with Gasteiger partial charge in [-0.3, -0.25) is 10.1 Å². The monoisotopic (exact) mass is 221 g/mol. The Balaban J connectivity index is 3.28. The molecule has 0 saturated heterocycles. The molecule has 0 amide bonds. The molecule has 1 aliphatic carbocycles. The Morgan fingerprint density at radius 3 is 2.38 bits per heavy atom. The minimum atomic E-state index is -0.771. The lowest BCUT2D eigenvalue weighted by atomic mass is 9.83. The Hall–Kier alpha value is -1.71. The van der Waals surface area contributed by atoms with E-state index in [2.05, 4.69) is 0 Å². The van der Waals surface area contributed by atoms with Crippen molar-refractivity contribution in [2.45, 2.75) is 20.8 Å². The Morgan fingerprint density at radius 2 is 1.88 bits per heavy atom. The summed E-state index contributed by atoms with van der Waals surface area (Å²) in [6.07, 6.45) is 8.86. The van der Waals surface area contributed by atoms with Crippen molar-refractivity contribution in [2.75, 3.05) is 0 Å². The largest absolute Gasteiger partial charge is 0.302 e. The van der Waals surface area contributed by atoms with E-state index in [0.717, 1.165) is 6.29 Å². The maximum atomic E-state index is 10.9. The van der Waals surface area contributed by atoms with Crippen molar-refractivity contribution in [1.82, 2.24) is 0 Å². The average Bonchev–Trinajstić information content (AvgIpc) is 2.19. The summed E-state index contributed by atoms with van der Waals surface area (Å²) >= 11 is 0. The number of hydrogen-bond donors (Lipinski definition) is 0. The number of carbonyl (C=O) groups is 1. The van der Waals surface area contributed by atoms with Crippen molar-refractivity contribution in [3.8, 4) is 0 Å². The lowest BCUT2D eigenvalue weighted by Gasteiger charge is -2.20. The molecular weight excluding hydrogens is 206 g/mol. The molecule has 0 aliphatic heterocycles. The third kappa shape index (κ3) is 2.89. The molecule has 0 aromatic heterocycles. The lowest BCUT2D eigenvalue weighted by Crippen LogP contribution is -2.17. The van der Waals surface area contributed by atoms with E-state index in [4.69, 9.17) is 0 Å². The van der Waals surface area contributed by atoms with Crippen molar-refractivity contribution < 1.29 is 9.72 Å². The first-order valence-corrected chi connectivity index (χ1v) is 5.01. The van der Waals surface area contributed by atoms with Crippen LogP contribution in [0, 0.1) is 20.9 Å². The van der Waals surface area contributed by atoms with Crippen molar-refractivity contribution in [2.24, 2.45) is 10.8 Å². The topological polar surface area (TPSA) is 60.2 Å². The molecule has 4 heteroatoms. The minimum absolute atomic E-state index is 0.0161. The molecule has 4 nitrogen and oxygen atoms in total. The third-order valence-corrected chi connectivity index (χ3v) is 2.47. The number of nitrogens with zero attached hydrogens (tertiary/aromatic N) is 1. The number of aldehydes is 1. The van der Waals surface area contributed by atoms with Crippen LogP contribution in [0.1, 0.15) is 20.8 Å².